The third kappa shape index (κ3) is 5.39. The van der Waals surface area contributed by atoms with Crippen LogP contribution in [-0.4, -0.2) is 52.1 Å². The Morgan fingerprint density at radius 2 is 1.98 bits per heavy atom. The lowest BCUT2D eigenvalue weighted by atomic mass is 9.45. The van der Waals surface area contributed by atoms with E-state index in [0.717, 1.165) is 55.1 Å². The van der Waals surface area contributed by atoms with Crippen LogP contribution in [0.3, 0.4) is 0 Å². The van der Waals surface area contributed by atoms with Crippen molar-refractivity contribution in [2.24, 2.45) is 28.2 Å². The number of fused-ring (bicyclic) bond motifs is 3. The van der Waals surface area contributed by atoms with E-state index in [4.69, 9.17) is 4.99 Å². The van der Waals surface area contributed by atoms with Gasteiger partial charge in [0.05, 0.1) is 23.3 Å². The van der Waals surface area contributed by atoms with Gasteiger partial charge in [-0.15, -0.1) is 0 Å². The molecule has 218 valence electrons. The molecule has 41 heavy (non-hydrogen) atoms. The molecule has 6 atom stereocenters. The van der Waals surface area contributed by atoms with Gasteiger partial charge in [0, 0.05) is 37.4 Å². The molecule has 1 aromatic heterocycles. The summed E-state index contributed by atoms with van der Waals surface area (Å²) in [4.78, 5) is 25.8. The molecule has 0 amide bonds. The monoisotopic (exact) mass is 558 g/mol. The van der Waals surface area contributed by atoms with Crippen LogP contribution in [0, 0.1) is 29.0 Å². The van der Waals surface area contributed by atoms with Gasteiger partial charge in [-0.2, -0.15) is 0 Å². The Hall–Kier alpha value is -3.26. The van der Waals surface area contributed by atoms with E-state index in [2.05, 4.69) is 48.2 Å². The van der Waals surface area contributed by atoms with Crippen LogP contribution in [0.25, 0.3) is 10.9 Å². The first-order valence-corrected chi connectivity index (χ1v) is 15.2. The predicted octanol–water partition coefficient (Wildman–Crippen LogP) is 5.47. The van der Waals surface area contributed by atoms with E-state index in [-0.39, 0.29) is 17.4 Å². The Kier molecular flexibility index (Phi) is 7.39. The maximum atomic E-state index is 13.4. The van der Waals surface area contributed by atoms with Crippen LogP contribution in [0.4, 0.5) is 10.1 Å². The molecule has 1 aliphatic heterocycles. The van der Waals surface area contributed by atoms with Gasteiger partial charge in [0.25, 0.3) is 5.56 Å². The molecule has 8 heteroatoms. The summed E-state index contributed by atoms with van der Waals surface area (Å²) in [6.07, 6.45) is 4.73. The predicted molar refractivity (Wildman–Crippen MR) is 164 cm³/mol. The summed E-state index contributed by atoms with van der Waals surface area (Å²) < 4.78 is 15.0. The number of halogens is 1. The summed E-state index contributed by atoms with van der Waals surface area (Å²) in [5, 5.41) is 7.77. The lowest BCUT2D eigenvalue weighted by molar-refractivity contribution is -0.108. The molecule has 2 N–H and O–H groups in total. The van der Waals surface area contributed by atoms with Gasteiger partial charge in [-0.25, -0.2) is 14.4 Å². The molecular weight excluding hydrogens is 515 g/mol. The van der Waals surface area contributed by atoms with Gasteiger partial charge in [-0.3, -0.25) is 9.36 Å². The Labute approximate surface area is 242 Å². The molecule has 2 aromatic carbocycles. The number of guanidine groups is 1. The van der Waals surface area contributed by atoms with Crippen LogP contribution in [-0.2, 0) is 6.42 Å². The molecule has 1 saturated heterocycles. The summed E-state index contributed by atoms with van der Waals surface area (Å²) in [5.41, 5.74) is 2.88. The summed E-state index contributed by atoms with van der Waals surface area (Å²) in [5.74, 6) is 2.70. The van der Waals surface area contributed by atoms with Crippen molar-refractivity contribution in [2.75, 3.05) is 25.0 Å². The number of aliphatic imine (C=N–C) groups is 1. The first-order chi connectivity index (χ1) is 19.6. The Balaban J connectivity index is 1.25. The first kappa shape index (κ1) is 27.9. The lowest BCUT2D eigenvalue weighted by Crippen LogP contribution is -2.57. The molecule has 4 aliphatic rings. The zero-order chi connectivity index (χ0) is 28.9. The molecule has 0 unspecified atom stereocenters. The number of hydrogen-bond donors (Lipinski definition) is 2. The minimum Gasteiger partial charge on any atom is -0.340 e. The zero-order valence-electron chi connectivity index (χ0n) is 24.9. The zero-order valence-corrected chi connectivity index (χ0v) is 24.9. The largest absolute Gasteiger partial charge is 0.340 e. The van der Waals surface area contributed by atoms with Crippen molar-refractivity contribution in [2.45, 2.75) is 72.0 Å². The minimum absolute atomic E-state index is 0.0705. The van der Waals surface area contributed by atoms with Crippen molar-refractivity contribution in [1.29, 1.82) is 0 Å². The fourth-order valence-corrected chi connectivity index (χ4v) is 7.48. The van der Waals surface area contributed by atoms with Gasteiger partial charge < -0.3 is 15.5 Å². The van der Waals surface area contributed by atoms with Crippen molar-refractivity contribution >= 4 is 22.5 Å². The molecular formula is C33H43FN6O. The smallest absolute Gasteiger partial charge is 0.261 e. The van der Waals surface area contributed by atoms with Gasteiger partial charge in [-0.1, -0.05) is 32.9 Å². The number of aromatic nitrogens is 2. The van der Waals surface area contributed by atoms with E-state index < -0.39 is 0 Å². The maximum Gasteiger partial charge on any atom is 0.261 e. The first-order valence-electron chi connectivity index (χ1n) is 15.2. The molecule has 7 nitrogen and oxygen atoms in total. The summed E-state index contributed by atoms with van der Waals surface area (Å²) in [6, 6.07) is 12.8. The van der Waals surface area contributed by atoms with Crippen molar-refractivity contribution in [3.63, 3.8) is 0 Å². The van der Waals surface area contributed by atoms with Crippen molar-refractivity contribution in [3.8, 4) is 0 Å². The fraction of sp³-hybridized carbons (Fsp3) is 0.545. The number of nitrogens with one attached hydrogen (secondary N) is 2. The van der Waals surface area contributed by atoms with E-state index in [1.54, 1.807) is 23.0 Å². The molecule has 4 fully saturated rings. The van der Waals surface area contributed by atoms with Gasteiger partial charge in [0.1, 0.15) is 5.82 Å². The van der Waals surface area contributed by atoms with E-state index >= 15 is 0 Å². The third-order valence-electron chi connectivity index (χ3n) is 10.2. The van der Waals surface area contributed by atoms with E-state index in [0.29, 0.717) is 40.7 Å². The topological polar surface area (TPSA) is 74.5 Å². The van der Waals surface area contributed by atoms with Crippen LogP contribution in [0.15, 0.2) is 58.6 Å². The van der Waals surface area contributed by atoms with Crippen LogP contribution >= 0.6 is 0 Å². The molecule has 3 aromatic rings. The van der Waals surface area contributed by atoms with E-state index in [1.165, 1.54) is 18.6 Å². The van der Waals surface area contributed by atoms with Gasteiger partial charge in [-0.05, 0) is 92.2 Å². The number of hydrogen-bond acceptors (Lipinski definition) is 4. The van der Waals surface area contributed by atoms with Gasteiger partial charge in [0.15, 0.2) is 5.96 Å². The SMILES string of the molecule is C[C@@H]1[C@@H](N=C(Nc2ccc3c(=O)n([C@H](C)Cc4ccc(F)cc4)cnc3c2)N2CCN[C@@H](C)C2)C[C@H]2C[C@@H]1C2(C)C. The van der Waals surface area contributed by atoms with Crippen LogP contribution in [0.5, 0.6) is 0 Å². The molecule has 0 spiro atoms. The highest BCUT2D eigenvalue weighted by molar-refractivity contribution is 5.96. The Bertz CT molecular complexity index is 1500. The lowest BCUT2D eigenvalue weighted by Gasteiger charge is -2.61. The molecule has 3 aliphatic carbocycles. The molecule has 2 bridgehead atoms. The minimum atomic E-state index is -0.260. The number of rotatable bonds is 5. The number of anilines is 1. The standard InChI is InChI=1S/C33H43FN6O/c1-20-18-39(13-12-35-20)32(38-29-16-24-15-28(22(29)3)33(24,4)5)37-26-10-11-27-30(17-26)36-19-40(31(27)41)21(2)14-23-6-8-25(34)9-7-23/h6-11,17,19-22,24,28-29,35H,12-16,18H2,1-5H3,(H,37,38)/t20-,21+,22-,24+,28-,29-/m0/s1. The number of nitrogens with zero attached hydrogens (tertiary/aromatic N) is 4. The Morgan fingerprint density at radius 3 is 2.68 bits per heavy atom. The van der Waals surface area contributed by atoms with Crippen LogP contribution in [0.2, 0.25) is 0 Å². The normalized spacial score (nSPS) is 28.3. The average molecular weight is 559 g/mol. The molecule has 2 heterocycles. The maximum absolute atomic E-state index is 13.4. The van der Waals surface area contributed by atoms with Gasteiger partial charge >= 0.3 is 0 Å². The highest BCUT2D eigenvalue weighted by Gasteiger charge is 2.56. The Morgan fingerprint density at radius 1 is 1.20 bits per heavy atom. The fourth-order valence-electron chi connectivity index (χ4n) is 7.48. The van der Waals surface area contributed by atoms with Crippen molar-refractivity contribution < 1.29 is 4.39 Å². The summed E-state index contributed by atoms with van der Waals surface area (Å²) in [7, 11) is 0. The van der Waals surface area contributed by atoms with Crippen molar-refractivity contribution in [1.82, 2.24) is 19.8 Å². The number of piperazine rings is 1. The second kappa shape index (κ2) is 10.9. The average Bonchev–Trinajstić information content (AvgIpc) is 2.94. The molecule has 0 radical (unpaired) electrons. The number of benzene rings is 2. The van der Waals surface area contributed by atoms with E-state index in [1.807, 2.05) is 25.1 Å². The highest BCUT2D eigenvalue weighted by Crippen LogP contribution is 2.61. The highest BCUT2D eigenvalue weighted by atomic mass is 19.1. The van der Waals surface area contributed by atoms with Crippen molar-refractivity contribution in [3.05, 3.63) is 70.5 Å². The second-order valence-corrected chi connectivity index (χ2v) is 13.3. The third-order valence-corrected chi connectivity index (χ3v) is 10.2. The quantitative estimate of drug-likeness (QED) is 0.321. The summed E-state index contributed by atoms with van der Waals surface area (Å²) in [6.45, 7) is 14.2. The van der Waals surface area contributed by atoms with E-state index in [9.17, 15) is 9.18 Å². The van der Waals surface area contributed by atoms with Crippen LogP contribution in [0.1, 0.15) is 59.1 Å². The van der Waals surface area contributed by atoms with Crippen LogP contribution < -0.4 is 16.2 Å². The second-order valence-electron chi connectivity index (χ2n) is 13.3. The van der Waals surface area contributed by atoms with Gasteiger partial charge in [0.2, 0.25) is 0 Å². The molecule has 7 rings (SSSR count). The molecule has 3 saturated carbocycles. The summed E-state index contributed by atoms with van der Waals surface area (Å²) >= 11 is 0.